The highest BCUT2D eigenvalue weighted by Gasteiger charge is 2.23. The van der Waals surface area contributed by atoms with E-state index in [9.17, 15) is 0 Å². The Kier molecular flexibility index (Phi) is 4.15. The van der Waals surface area contributed by atoms with Gasteiger partial charge in [0.15, 0.2) is 0 Å². The third kappa shape index (κ3) is 3.05. The Balaban J connectivity index is 1.92. The fourth-order valence-corrected chi connectivity index (χ4v) is 2.96. The number of aromatic nitrogens is 2. The van der Waals surface area contributed by atoms with E-state index in [1.54, 1.807) is 0 Å². The quantitative estimate of drug-likeness (QED) is 0.940. The molecule has 1 saturated heterocycles. The SMILES string of the molecule is Cc1cccc(-c2ccnc(N3CCCCC3CN)n2)c1. The lowest BCUT2D eigenvalue weighted by Crippen LogP contribution is -2.45. The maximum Gasteiger partial charge on any atom is 0.226 e. The standard InChI is InChI=1S/C17H22N4/c1-13-5-4-6-14(11-13)16-8-9-19-17(20-16)21-10-3-2-7-15(21)12-18/h4-6,8-9,11,15H,2-3,7,10,12,18H2,1H3. The number of hydrogen-bond donors (Lipinski definition) is 1. The Morgan fingerprint density at radius 2 is 2.19 bits per heavy atom. The monoisotopic (exact) mass is 282 g/mol. The van der Waals surface area contributed by atoms with Gasteiger partial charge in [-0.25, -0.2) is 9.97 Å². The lowest BCUT2D eigenvalue weighted by molar-refractivity contribution is 0.458. The van der Waals surface area contributed by atoms with Crippen LogP contribution in [0.5, 0.6) is 0 Å². The molecule has 0 saturated carbocycles. The molecule has 0 bridgehead atoms. The van der Waals surface area contributed by atoms with Crippen molar-refractivity contribution in [2.24, 2.45) is 5.73 Å². The van der Waals surface area contributed by atoms with Crippen LogP contribution in [0.25, 0.3) is 11.3 Å². The summed E-state index contributed by atoms with van der Waals surface area (Å²) in [7, 11) is 0. The van der Waals surface area contributed by atoms with Crippen molar-refractivity contribution in [1.29, 1.82) is 0 Å². The first-order valence-corrected chi connectivity index (χ1v) is 7.65. The third-order valence-electron chi connectivity index (χ3n) is 4.11. The minimum Gasteiger partial charge on any atom is -0.337 e. The highest BCUT2D eigenvalue weighted by atomic mass is 15.3. The van der Waals surface area contributed by atoms with Gasteiger partial charge in [-0.05, 0) is 38.3 Å². The van der Waals surface area contributed by atoms with Gasteiger partial charge < -0.3 is 10.6 Å². The van der Waals surface area contributed by atoms with E-state index in [0.29, 0.717) is 12.6 Å². The predicted molar refractivity (Wildman–Crippen MR) is 86.2 cm³/mol. The molecule has 1 aliphatic rings. The van der Waals surface area contributed by atoms with Crippen molar-refractivity contribution in [1.82, 2.24) is 9.97 Å². The molecule has 21 heavy (non-hydrogen) atoms. The van der Waals surface area contributed by atoms with E-state index in [1.807, 2.05) is 12.3 Å². The first-order valence-electron chi connectivity index (χ1n) is 7.65. The number of benzene rings is 1. The number of nitrogens with zero attached hydrogens (tertiary/aromatic N) is 3. The van der Waals surface area contributed by atoms with Crippen molar-refractivity contribution in [3.8, 4) is 11.3 Å². The summed E-state index contributed by atoms with van der Waals surface area (Å²) in [6.07, 6.45) is 5.42. The Morgan fingerprint density at radius 3 is 3.00 bits per heavy atom. The molecule has 110 valence electrons. The third-order valence-corrected chi connectivity index (χ3v) is 4.11. The average molecular weight is 282 g/mol. The summed E-state index contributed by atoms with van der Waals surface area (Å²) in [6, 6.07) is 10.8. The molecule has 1 fully saturated rings. The highest BCUT2D eigenvalue weighted by Crippen LogP contribution is 2.24. The van der Waals surface area contributed by atoms with Crippen LogP contribution in [0.15, 0.2) is 36.5 Å². The molecule has 1 unspecified atom stereocenters. The molecule has 2 aromatic rings. The largest absolute Gasteiger partial charge is 0.337 e. The highest BCUT2D eigenvalue weighted by molar-refractivity contribution is 5.61. The van der Waals surface area contributed by atoms with Crippen LogP contribution in [0.2, 0.25) is 0 Å². The summed E-state index contributed by atoms with van der Waals surface area (Å²) < 4.78 is 0. The van der Waals surface area contributed by atoms with E-state index >= 15 is 0 Å². The molecule has 2 N–H and O–H groups in total. The molecule has 4 nitrogen and oxygen atoms in total. The van der Waals surface area contributed by atoms with Gasteiger partial charge in [0, 0.05) is 30.9 Å². The molecule has 1 aromatic heterocycles. The number of hydrogen-bond acceptors (Lipinski definition) is 4. The van der Waals surface area contributed by atoms with Gasteiger partial charge in [0.25, 0.3) is 0 Å². The number of piperidine rings is 1. The van der Waals surface area contributed by atoms with Crippen molar-refractivity contribution in [2.45, 2.75) is 32.2 Å². The number of aryl methyl sites for hydroxylation is 1. The second-order valence-corrected chi connectivity index (χ2v) is 5.69. The van der Waals surface area contributed by atoms with Crippen molar-refractivity contribution in [2.75, 3.05) is 18.0 Å². The lowest BCUT2D eigenvalue weighted by atomic mass is 10.0. The molecule has 3 rings (SSSR count). The second kappa shape index (κ2) is 6.22. The number of nitrogens with two attached hydrogens (primary N) is 1. The van der Waals surface area contributed by atoms with Crippen LogP contribution >= 0.6 is 0 Å². The van der Waals surface area contributed by atoms with Gasteiger partial charge in [-0.15, -0.1) is 0 Å². The molecule has 1 aromatic carbocycles. The summed E-state index contributed by atoms with van der Waals surface area (Å²) in [5.74, 6) is 0.809. The predicted octanol–water partition coefficient (Wildman–Crippen LogP) is 2.77. The Morgan fingerprint density at radius 1 is 1.29 bits per heavy atom. The van der Waals surface area contributed by atoms with Gasteiger partial charge >= 0.3 is 0 Å². The maximum atomic E-state index is 5.90. The van der Waals surface area contributed by atoms with Crippen molar-refractivity contribution >= 4 is 5.95 Å². The van der Waals surface area contributed by atoms with Crippen LogP contribution in [0.3, 0.4) is 0 Å². The van der Waals surface area contributed by atoms with E-state index in [2.05, 4.69) is 41.1 Å². The molecule has 0 radical (unpaired) electrons. The van der Waals surface area contributed by atoms with E-state index in [0.717, 1.165) is 30.2 Å². The van der Waals surface area contributed by atoms with Crippen LogP contribution in [0.4, 0.5) is 5.95 Å². The molecule has 0 aliphatic carbocycles. The molecule has 0 spiro atoms. The van der Waals surface area contributed by atoms with E-state index < -0.39 is 0 Å². The van der Waals surface area contributed by atoms with Crippen LogP contribution in [-0.4, -0.2) is 29.1 Å². The smallest absolute Gasteiger partial charge is 0.226 e. The van der Waals surface area contributed by atoms with Gasteiger partial charge in [0.1, 0.15) is 0 Å². The molecule has 4 heteroatoms. The van der Waals surface area contributed by atoms with E-state index in [1.165, 1.54) is 18.4 Å². The van der Waals surface area contributed by atoms with E-state index in [-0.39, 0.29) is 0 Å². The summed E-state index contributed by atoms with van der Waals surface area (Å²) >= 11 is 0. The molecular formula is C17H22N4. The molecule has 0 amide bonds. The summed E-state index contributed by atoms with van der Waals surface area (Å²) in [6.45, 7) is 3.76. The zero-order chi connectivity index (χ0) is 14.7. The molecular weight excluding hydrogens is 260 g/mol. The lowest BCUT2D eigenvalue weighted by Gasteiger charge is -2.35. The van der Waals surface area contributed by atoms with Gasteiger partial charge in [-0.1, -0.05) is 23.8 Å². The molecule has 1 atom stereocenters. The molecule has 2 heterocycles. The zero-order valence-corrected chi connectivity index (χ0v) is 12.5. The first-order chi connectivity index (χ1) is 10.3. The van der Waals surface area contributed by atoms with E-state index in [4.69, 9.17) is 10.7 Å². The van der Waals surface area contributed by atoms with Gasteiger partial charge in [-0.2, -0.15) is 0 Å². The van der Waals surface area contributed by atoms with Gasteiger partial charge in [0.2, 0.25) is 5.95 Å². The Hall–Kier alpha value is -1.94. The van der Waals surface area contributed by atoms with Crippen LogP contribution in [0.1, 0.15) is 24.8 Å². The van der Waals surface area contributed by atoms with Gasteiger partial charge in [-0.3, -0.25) is 0 Å². The normalized spacial score (nSPS) is 18.8. The average Bonchev–Trinajstić information content (AvgIpc) is 2.55. The van der Waals surface area contributed by atoms with Crippen molar-refractivity contribution in [3.63, 3.8) is 0 Å². The van der Waals surface area contributed by atoms with Crippen molar-refractivity contribution < 1.29 is 0 Å². The topological polar surface area (TPSA) is 55.0 Å². The summed E-state index contributed by atoms with van der Waals surface area (Å²) in [4.78, 5) is 11.5. The minimum atomic E-state index is 0.367. The van der Waals surface area contributed by atoms with Crippen molar-refractivity contribution in [3.05, 3.63) is 42.1 Å². The molecule has 1 aliphatic heterocycles. The summed E-state index contributed by atoms with van der Waals surface area (Å²) in [5, 5.41) is 0. The number of anilines is 1. The van der Waals surface area contributed by atoms with Crippen LogP contribution in [-0.2, 0) is 0 Å². The van der Waals surface area contributed by atoms with Crippen LogP contribution in [0, 0.1) is 6.92 Å². The first kappa shape index (κ1) is 14.0. The summed E-state index contributed by atoms with van der Waals surface area (Å²) in [5.41, 5.74) is 9.26. The zero-order valence-electron chi connectivity index (χ0n) is 12.5. The Labute approximate surface area is 126 Å². The fourth-order valence-electron chi connectivity index (χ4n) is 2.96. The van der Waals surface area contributed by atoms with Crippen LogP contribution < -0.4 is 10.6 Å². The van der Waals surface area contributed by atoms with Gasteiger partial charge in [0.05, 0.1) is 5.69 Å². The maximum absolute atomic E-state index is 5.90. The minimum absolute atomic E-state index is 0.367. The second-order valence-electron chi connectivity index (χ2n) is 5.69. The fraction of sp³-hybridized carbons (Fsp3) is 0.412. The number of rotatable bonds is 3. The Bertz CT molecular complexity index is 611.